The number of carbonyl (C=O) groups excluding carboxylic acids is 2. The maximum atomic E-state index is 12.4. The van der Waals surface area contributed by atoms with Gasteiger partial charge >= 0.3 is 0 Å². The lowest BCUT2D eigenvalue weighted by atomic mass is 10.2. The molecule has 0 spiro atoms. The number of amides is 2. The fraction of sp³-hybridized carbons (Fsp3) is 0.136. The summed E-state index contributed by atoms with van der Waals surface area (Å²) < 4.78 is 5.39. The van der Waals surface area contributed by atoms with Crippen molar-refractivity contribution in [1.29, 1.82) is 0 Å². The zero-order valence-corrected chi connectivity index (χ0v) is 16.2. The largest absolute Gasteiger partial charge is 0.494 e. The lowest BCUT2D eigenvalue weighted by molar-refractivity contribution is -0.114. The van der Waals surface area contributed by atoms with Crippen LogP contribution in [0.2, 0.25) is 0 Å². The zero-order valence-electron chi connectivity index (χ0n) is 16.2. The van der Waals surface area contributed by atoms with Crippen molar-refractivity contribution in [3.63, 3.8) is 0 Å². The smallest absolute Gasteiger partial charge is 0.257 e. The molecule has 0 atom stereocenters. The lowest BCUT2D eigenvalue weighted by Crippen LogP contribution is -2.12. The van der Waals surface area contributed by atoms with Gasteiger partial charge in [-0.15, -0.1) is 0 Å². The molecule has 29 heavy (non-hydrogen) atoms. The number of nitrogens with one attached hydrogen (secondary N) is 3. The number of anilines is 4. The molecule has 3 aromatic rings. The number of hydrogen-bond acceptors (Lipinski definition) is 5. The normalized spacial score (nSPS) is 10.1. The highest BCUT2D eigenvalue weighted by Gasteiger charge is 2.07. The van der Waals surface area contributed by atoms with Crippen molar-refractivity contribution in [2.45, 2.75) is 13.8 Å². The predicted octanol–water partition coefficient (Wildman–Crippen LogP) is 4.43. The monoisotopic (exact) mass is 390 g/mol. The molecule has 3 N–H and O–H groups in total. The SMILES string of the molecule is CCOc1ccc(NC(=O)c2ccc(Nc3cccc(NC(C)=O)c3)nc2)cc1. The number of pyridine rings is 1. The Morgan fingerprint density at radius 1 is 0.931 bits per heavy atom. The fourth-order valence-corrected chi connectivity index (χ4v) is 2.63. The summed E-state index contributed by atoms with van der Waals surface area (Å²) in [6, 6.07) is 17.9. The number of rotatable bonds is 7. The van der Waals surface area contributed by atoms with E-state index in [1.54, 1.807) is 48.5 Å². The van der Waals surface area contributed by atoms with E-state index in [9.17, 15) is 9.59 Å². The molecule has 0 radical (unpaired) electrons. The summed E-state index contributed by atoms with van der Waals surface area (Å²) in [5.74, 6) is 0.955. The topological polar surface area (TPSA) is 92.4 Å². The Kier molecular flexibility index (Phi) is 6.42. The minimum absolute atomic E-state index is 0.136. The van der Waals surface area contributed by atoms with Gasteiger partial charge in [-0.2, -0.15) is 0 Å². The van der Waals surface area contributed by atoms with Gasteiger partial charge in [-0.3, -0.25) is 9.59 Å². The van der Waals surface area contributed by atoms with Crippen LogP contribution in [0.5, 0.6) is 5.75 Å². The van der Waals surface area contributed by atoms with E-state index in [2.05, 4.69) is 20.9 Å². The van der Waals surface area contributed by atoms with Crippen molar-refractivity contribution < 1.29 is 14.3 Å². The standard InChI is InChI=1S/C22H22N4O3/c1-3-29-20-10-8-17(9-11-20)26-22(28)16-7-12-21(23-14-16)25-19-6-4-5-18(13-19)24-15(2)27/h4-14H,3H2,1-2H3,(H,23,25)(H,24,27)(H,26,28). The Labute approximate surface area is 169 Å². The number of carbonyl (C=O) groups is 2. The highest BCUT2D eigenvalue weighted by molar-refractivity contribution is 6.04. The van der Waals surface area contributed by atoms with Crippen LogP contribution < -0.4 is 20.7 Å². The second kappa shape index (κ2) is 9.36. The molecule has 0 bridgehead atoms. The van der Waals surface area contributed by atoms with E-state index >= 15 is 0 Å². The molecule has 0 aliphatic carbocycles. The minimum Gasteiger partial charge on any atom is -0.494 e. The highest BCUT2D eigenvalue weighted by Crippen LogP contribution is 2.20. The summed E-state index contributed by atoms with van der Waals surface area (Å²) in [5.41, 5.74) is 2.58. The summed E-state index contributed by atoms with van der Waals surface area (Å²) in [7, 11) is 0. The molecule has 7 nitrogen and oxygen atoms in total. The van der Waals surface area contributed by atoms with Gasteiger partial charge in [0.15, 0.2) is 0 Å². The van der Waals surface area contributed by atoms with Gasteiger partial charge in [-0.05, 0) is 61.5 Å². The summed E-state index contributed by atoms with van der Waals surface area (Å²) in [5, 5.41) is 8.70. The maximum absolute atomic E-state index is 12.4. The first-order valence-corrected chi connectivity index (χ1v) is 9.18. The predicted molar refractivity (Wildman–Crippen MR) is 114 cm³/mol. The molecule has 2 amide bonds. The third-order valence-electron chi connectivity index (χ3n) is 3.90. The van der Waals surface area contributed by atoms with Crippen molar-refractivity contribution >= 4 is 34.7 Å². The first-order valence-electron chi connectivity index (χ1n) is 9.18. The van der Waals surface area contributed by atoms with Crippen LogP contribution in [0.15, 0.2) is 66.9 Å². The summed E-state index contributed by atoms with van der Waals surface area (Å²) >= 11 is 0. The molecule has 0 unspecified atom stereocenters. The average Bonchev–Trinajstić information content (AvgIpc) is 2.70. The van der Waals surface area contributed by atoms with Gasteiger partial charge in [-0.25, -0.2) is 4.98 Å². The molecule has 0 fully saturated rings. The lowest BCUT2D eigenvalue weighted by Gasteiger charge is -2.09. The van der Waals surface area contributed by atoms with Crippen LogP contribution in [0.1, 0.15) is 24.2 Å². The number of aromatic nitrogens is 1. The van der Waals surface area contributed by atoms with Crippen molar-refractivity contribution in [1.82, 2.24) is 4.98 Å². The van der Waals surface area contributed by atoms with Crippen LogP contribution in [0.4, 0.5) is 22.9 Å². The van der Waals surface area contributed by atoms with E-state index in [-0.39, 0.29) is 11.8 Å². The van der Waals surface area contributed by atoms with Gasteiger partial charge < -0.3 is 20.7 Å². The van der Waals surface area contributed by atoms with E-state index < -0.39 is 0 Å². The molecule has 148 valence electrons. The quantitative estimate of drug-likeness (QED) is 0.555. The molecule has 3 rings (SSSR count). The third-order valence-corrected chi connectivity index (χ3v) is 3.90. The summed E-state index contributed by atoms with van der Waals surface area (Å²) in [6.07, 6.45) is 1.50. The molecule has 0 aliphatic rings. The van der Waals surface area contributed by atoms with Crippen LogP contribution in [0, 0.1) is 0 Å². The Hall–Kier alpha value is -3.87. The van der Waals surface area contributed by atoms with Gasteiger partial charge in [0, 0.05) is 30.2 Å². The first kappa shape index (κ1) is 19.9. The van der Waals surface area contributed by atoms with Crippen LogP contribution in [-0.2, 0) is 4.79 Å². The van der Waals surface area contributed by atoms with Crippen molar-refractivity contribution in [3.05, 3.63) is 72.4 Å². The van der Waals surface area contributed by atoms with Gasteiger partial charge in [-0.1, -0.05) is 6.07 Å². The Morgan fingerprint density at radius 2 is 1.69 bits per heavy atom. The second-order valence-electron chi connectivity index (χ2n) is 6.23. The molecule has 2 aromatic carbocycles. The van der Waals surface area contributed by atoms with Crippen LogP contribution in [-0.4, -0.2) is 23.4 Å². The van der Waals surface area contributed by atoms with Crippen LogP contribution in [0.25, 0.3) is 0 Å². The number of benzene rings is 2. The van der Waals surface area contributed by atoms with Gasteiger partial charge in [0.2, 0.25) is 5.91 Å². The van der Waals surface area contributed by atoms with E-state index in [4.69, 9.17) is 4.74 Å². The molecule has 1 heterocycles. The Bertz CT molecular complexity index is 986. The Morgan fingerprint density at radius 3 is 2.34 bits per heavy atom. The van der Waals surface area contributed by atoms with E-state index in [1.165, 1.54) is 13.1 Å². The first-order chi connectivity index (χ1) is 14.0. The van der Waals surface area contributed by atoms with Crippen molar-refractivity contribution in [2.24, 2.45) is 0 Å². The van der Waals surface area contributed by atoms with Crippen LogP contribution >= 0.6 is 0 Å². The minimum atomic E-state index is -0.249. The molecule has 0 aliphatic heterocycles. The van der Waals surface area contributed by atoms with Gasteiger partial charge in [0.05, 0.1) is 12.2 Å². The van der Waals surface area contributed by atoms with E-state index in [0.717, 1.165) is 11.4 Å². The molecule has 0 saturated carbocycles. The van der Waals surface area contributed by atoms with Crippen molar-refractivity contribution in [2.75, 3.05) is 22.6 Å². The fourth-order valence-electron chi connectivity index (χ4n) is 2.63. The van der Waals surface area contributed by atoms with E-state index in [0.29, 0.717) is 29.4 Å². The molecular formula is C22H22N4O3. The summed E-state index contributed by atoms with van der Waals surface area (Å²) in [4.78, 5) is 27.9. The maximum Gasteiger partial charge on any atom is 0.257 e. The zero-order chi connectivity index (χ0) is 20.6. The van der Waals surface area contributed by atoms with Crippen LogP contribution in [0.3, 0.4) is 0 Å². The molecule has 1 aromatic heterocycles. The molecule has 7 heteroatoms. The Balaban J connectivity index is 1.62. The molecule has 0 saturated heterocycles. The second-order valence-corrected chi connectivity index (χ2v) is 6.23. The number of ether oxygens (including phenoxy) is 1. The van der Waals surface area contributed by atoms with E-state index in [1.807, 2.05) is 19.1 Å². The molecular weight excluding hydrogens is 368 g/mol. The van der Waals surface area contributed by atoms with Gasteiger partial charge in [0.25, 0.3) is 5.91 Å². The highest BCUT2D eigenvalue weighted by atomic mass is 16.5. The summed E-state index contributed by atoms with van der Waals surface area (Å²) in [6.45, 7) is 3.97. The number of hydrogen-bond donors (Lipinski definition) is 3. The van der Waals surface area contributed by atoms with Gasteiger partial charge in [0.1, 0.15) is 11.6 Å². The average molecular weight is 390 g/mol. The number of nitrogens with zero attached hydrogens (tertiary/aromatic N) is 1. The van der Waals surface area contributed by atoms with Crippen molar-refractivity contribution in [3.8, 4) is 5.75 Å². The third kappa shape index (κ3) is 5.80.